The van der Waals surface area contributed by atoms with Crippen LogP contribution in [0.3, 0.4) is 0 Å². The van der Waals surface area contributed by atoms with Gasteiger partial charge in [0.05, 0.1) is 18.6 Å². The van der Waals surface area contributed by atoms with Gasteiger partial charge in [0.15, 0.2) is 0 Å². The van der Waals surface area contributed by atoms with Crippen molar-refractivity contribution in [1.82, 2.24) is 0 Å². The normalized spacial score (nSPS) is 12.8. The summed E-state index contributed by atoms with van der Waals surface area (Å²) in [6.07, 6.45) is 1.17. The molecule has 0 unspecified atom stereocenters. The number of benzene rings is 1. The van der Waals surface area contributed by atoms with E-state index < -0.39 is 22.0 Å². The third kappa shape index (κ3) is 3.86. The zero-order chi connectivity index (χ0) is 15.3. The molecule has 0 radical (unpaired) electrons. The Balaban J connectivity index is 3.21. The molecule has 0 fully saturated rings. The first-order valence-corrected chi connectivity index (χ1v) is 8.11. The van der Waals surface area contributed by atoms with E-state index in [2.05, 4.69) is 0 Å². The summed E-state index contributed by atoms with van der Waals surface area (Å²) in [4.78, 5) is 11.2. The Hall–Kier alpha value is -1.76. The maximum Gasteiger partial charge on any atom is 0.327 e. The minimum absolute atomic E-state index is 0.176. The van der Waals surface area contributed by atoms with Gasteiger partial charge in [0.25, 0.3) is 0 Å². The van der Waals surface area contributed by atoms with Gasteiger partial charge in [0.2, 0.25) is 10.0 Å². The van der Waals surface area contributed by atoms with Crippen LogP contribution < -0.4 is 9.04 Å². The van der Waals surface area contributed by atoms with Gasteiger partial charge >= 0.3 is 5.97 Å². The van der Waals surface area contributed by atoms with Gasteiger partial charge in [-0.2, -0.15) is 0 Å². The van der Waals surface area contributed by atoms with Gasteiger partial charge in [-0.3, -0.25) is 4.31 Å². The molecule has 0 saturated heterocycles. The number of anilines is 1. The van der Waals surface area contributed by atoms with E-state index in [-0.39, 0.29) is 6.42 Å². The van der Waals surface area contributed by atoms with Gasteiger partial charge in [-0.15, -0.1) is 0 Å². The number of aliphatic carboxylic acids is 1. The van der Waals surface area contributed by atoms with Crippen molar-refractivity contribution >= 4 is 21.7 Å². The Morgan fingerprint density at radius 2 is 1.85 bits per heavy atom. The zero-order valence-corrected chi connectivity index (χ0v) is 12.6. The molecular weight excluding hydrogens is 282 g/mol. The minimum atomic E-state index is -3.69. The van der Waals surface area contributed by atoms with Gasteiger partial charge in [-0.25, -0.2) is 13.2 Å². The van der Waals surface area contributed by atoms with Crippen LogP contribution in [0.15, 0.2) is 24.3 Å². The average molecular weight is 301 g/mol. The summed E-state index contributed by atoms with van der Waals surface area (Å²) in [5, 5.41) is 9.18. The van der Waals surface area contributed by atoms with Gasteiger partial charge in [-0.1, -0.05) is 6.92 Å². The largest absolute Gasteiger partial charge is 0.494 e. The van der Waals surface area contributed by atoms with E-state index in [9.17, 15) is 18.3 Å². The third-order valence-corrected chi connectivity index (χ3v) is 3.89. The summed E-state index contributed by atoms with van der Waals surface area (Å²) in [5.74, 6) is -0.570. The van der Waals surface area contributed by atoms with Crippen LogP contribution in [0.2, 0.25) is 0 Å². The number of ether oxygens (including phenoxy) is 1. The fraction of sp³-hybridized carbons (Fsp3) is 0.462. The summed E-state index contributed by atoms with van der Waals surface area (Å²) in [6.45, 7) is 3.97. The number of sulfonamides is 1. The summed E-state index contributed by atoms with van der Waals surface area (Å²) in [5.41, 5.74) is 0.310. The second-order valence-electron chi connectivity index (χ2n) is 4.25. The Morgan fingerprint density at radius 1 is 1.30 bits per heavy atom. The van der Waals surface area contributed by atoms with Crippen molar-refractivity contribution in [2.24, 2.45) is 0 Å². The van der Waals surface area contributed by atoms with Crippen molar-refractivity contribution in [2.75, 3.05) is 17.2 Å². The van der Waals surface area contributed by atoms with E-state index in [0.29, 0.717) is 18.0 Å². The lowest BCUT2D eigenvalue weighted by molar-refractivity contribution is -0.138. The lowest BCUT2D eigenvalue weighted by Crippen LogP contribution is -2.44. The average Bonchev–Trinajstić information content (AvgIpc) is 2.35. The SMILES string of the molecule is CCOc1ccc(N([C@@H](CC)C(=O)O)S(C)(=O)=O)cc1. The van der Waals surface area contributed by atoms with Crippen LogP contribution in [-0.4, -0.2) is 38.4 Å². The second-order valence-corrected chi connectivity index (χ2v) is 6.11. The van der Waals surface area contributed by atoms with E-state index in [1.807, 2.05) is 6.92 Å². The van der Waals surface area contributed by atoms with Crippen LogP contribution >= 0.6 is 0 Å². The number of rotatable bonds is 7. The van der Waals surface area contributed by atoms with Crippen LogP contribution in [-0.2, 0) is 14.8 Å². The predicted octanol–water partition coefficient (Wildman–Crippen LogP) is 1.71. The maximum atomic E-state index is 11.9. The van der Waals surface area contributed by atoms with Crippen LogP contribution in [0.5, 0.6) is 5.75 Å². The van der Waals surface area contributed by atoms with E-state index in [1.54, 1.807) is 19.1 Å². The highest BCUT2D eigenvalue weighted by Gasteiger charge is 2.31. The van der Waals surface area contributed by atoms with Crippen molar-refractivity contribution in [3.63, 3.8) is 0 Å². The molecule has 6 nitrogen and oxygen atoms in total. The molecular formula is C13H19NO5S. The molecule has 0 heterocycles. The third-order valence-electron chi connectivity index (χ3n) is 2.71. The van der Waals surface area contributed by atoms with Crippen molar-refractivity contribution in [3.05, 3.63) is 24.3 Å². The molecule has 1 aromatic carbocycles. The first-order valence-electron chi connectivity index (χ1n) is 6.26. The van der Waals surface area contributed by atoms with Gasteiger partial charge in [0, 0.05) is 0 Å². The van der Waals surface area contributed by atoms with Crippen LogP contribution in [0.1, 0.15) is 20.3 Å². The molecule has 0 aliphatic heterocycles. The summed E-state index contributed by atoms with van der Waals surface area (Å²) in [6, 6.07) is 5.19. The van der Waals surface area contributed by atoms with Crippen molar-refractivity contribution in [3.8, 4) is 5.75 Å². The molecule has 1 aromatic rings. The van der Waals surface area contributed by atoms with E-state index in [1.165, 1.54) is 12.1 Å². The Kier molecular flexibility index (Phi) is 5.38. The number of carbonyl (C=O) groups is 1. The molecule has 112 valence electrons. The lowest BCUT2D eigenvalue weighted by atomic mass is 10.2. The van der Waals surface area contributed by atoms with E-state index in [4.69, 9.17) is 4.74 Å². The number of hydrogen-bond acceptors (Lipinski definition) is 4. The lowest BCUT2D eigenvalue weighted by Gasteiger charge is -2.28. The standard InChI is InChI=1S/C13H19NO5S/c1-4-12(13(15)16)14(20(3,17)18)10-6-8-11(9-7-10)19-5-2/h6-9,12H,4-5H2,1-3H3,(H,15,16)/t12-/m0/s1. The fourth-order valence-corrected chi connectivity index (χ4v) is 3.11. The van der Waals surface area contributed by atoms with Gasteiger partial charge < -0.3 is 9.84 Å². The maximum absolute atomic E-state index is 11.9. The highest BCUT2D eigenvalue weighted by Crippen LogP contribution is 2.25. The van der Waals surface area contributed by atoms with Crippen molar-refractivity contribution in [2.45, 2.75) is 26.3 Å². The quantitative estimate of drug-likeness (QED) is 0.829. The molecule has 1 atom stereocenters. The van der Waals surface area contributed by atoms with Crippen molar-refractivity contribution < 1.29 is 23.1 Å². The Labute approximate surface area is 119 Å². The molecule has 0 aliphatic carbocycles. The van der Waals surface area contributed by atoms with Crippen LogP contribution in [0, 0.1) is 0 Å². The van der Waals surface area contributed by atoms with Crippen LogP contribution in [0.25, 0.3) is 0 Å². The fourth-order valence-electron chi connectivity index (χ4n) is 1.90. The monoisotopic (exact) mass is 301 g/mol. The highest BCUT2D eigenvalue weighted by molar-refractivity contribution is 7.92. The smallest absolute Gasteiger partial charge is 0.327 e. The number of carboxylic acids is 1. The summed E-state index contributed by atoms with van der Waals surface area (Å²) in [7, 11) is -3.69. The Morgan fingerprint density at radius 3 is 2.20 bits per heavy atom. The topological polar surface area (TPSA) is 83.9 Å². The first kappa shape index (κ1) is 16.3. The highest BCUT2D eigenvalue weighted by atomic mass is 32.2. The summed E-state index contributed by atoms with van der Waals surface area (Å²) >= 11 is 0. The van der Waals surface area contributed by atoms with E-state index in [0.717, 1.165) is 10.6 Å². The van der Waals surface area contributed by atoms with E-state index >= 15 is 0 Å². The molecule has 0 amide bonds. The van der Waals surface area contributed by atoms with Gasteiger partial charge in [-0.05, 0) is 37.6 Å². The molecule has 20 heavy (non-hydrogen) atoms. The second kappa shape index (κ2) is 6.60. The molecule has 7 heteroatoms. The first-order chi connectivity index (χ1) is 9.31. The number of carboxylic acid groups (broad SMARTS) is 1. The zero-order valence-electron chi connectivity index (χ0n) is 11.7. The minimum Gasteiger partial charge on any atom is -0.494 e. The summed E-state index contributed by atoms with van der Waals surface area (Å²) < 4.78 is 30.0. The Bertz CT molecular complexity index is 553. The molecule has 0 bridgehead atoms. The molecule has 1 N–H and O–H groups in total. The molecule has 0 aromatic heterocycles. The molecule has 0 saturated carbocycles. The van der Waals surface area contributed by atoms with Gasteiger partial charge in [0.1, 0.15) is 11.8 Å². The number of nitrogens with zero attached hydrogens (tertiary/aromatic N) is 1. The van der Waals surface area contributed by atoms with Crippen molar-refractivity contribution in [1.29, 1.82) is 0 Å². The predicted molar refractivity (Wildman–Crippen MR) is 76.6 cm³/mol. The number of hydrogen-bond donors (Lipinski definition) is 1. The molecule has 0 spiro atoms. The molecule has 0 aliphatic rings. The molecule has 1 rings (SSSR count). The van der Waals surface area contributed by atoms with Crippen LogP contribution in [0.4, 0.5) is 5.69 Å².